The number of likely N-dealkylation sites (N-methyl/N-ethyl adjacent to an activating group) is 1. The minimum Gasteiger partial charge on any atom is -0.355 e. The van der Waals surface area contributed by atoms with E-state index in [2.05, 4.69) is 5.32 Å². The van der Waals surface area contributed by atoms with E-state index in [1.54, 1.807) is 37.3 Å². The Hall–Kier alpha value is -3.28. The molecule has 40 heavy (non-hydrogen) atoms. The molecule has 0 radical (unpaired) electrons. The average molecular weight is 616 g/mol. The van der Waals surface area contributed by atoms with Gasteiger partial charge in [0.2, 0.25) is 11.8 Å². The van der Waals surface area contributed by atoms with Crippen molar-refractivity contribution in [3.05, 3.63) is 94.0 Å². The highest BCUT2D eigenvalue weighted by Crippen LogP contribution is 2.38. The van der Waals surface area contributed by atoms with E-state index >= 15 is 0 Å². The summed E-state index contributed by atoms with van der Waals surface area (Å²) in [6.07, 6.45) is -4.89. The third-order valence-corrected chi connectivity index (χ3v) is 8.46. The lowest BCUT2D eigenvalue weighted by Gasteiger charge is -2.32. The normalized spacial score (nSPS) is 12.5. The monoisotopic (exact) mass is 615 g/mol. The molecule has 0 fully saturated rings. The fourth-order valence-electron chi connectivity index (χ4n) is 3.85. The zero-order valence-electron chi connectivity index (χ0n) is 21.5. The van der Waals surface area contributed by atoms with Crippen LogP contribution in [0.3, 0.4) is 0 Å². The van der Waals surface area contributed by atoms with Crippen LogP contribution in [0.25, 0.3) is 0 Å². The highest BCUT2D eigenvalue weighted by Gasteiger charge is 2.37. The highest BCUT2D eigenvalue weighted by atomic mass is 35.5. The lowest BCUT2D eigenvalue weighted by molar-refractivity contribution is -0.139. The fraction of sp³-hybridized carbons (Fsp3) is 0.259. The molecule has 0 aliphatic carbocycles. The zero-order chi connectivity index (χ0) is 29.7. The number of carbonyl (C=O) groups is 2. The van der Waals surface area contributed by atoms with Gasteiger partial charge in [-0.3, -0.25) is 13.9 Å². The van der Waals surface area contributed by atoms with Crippen LogP contribution in [0.4, 0.5) is 18.9 Å². The number of halogens is 5. The molecule has 1 N–H and O–H groups in total. The number of hydrogen-bond donors (Lipinski definition) is 1. The van der Waals surface area contributed by atoms with Crippen LogP contribution in [0.15, 0.2) is 77.7 Å². The van der Waals surface area contributed by atoms with Gasteiger partial charge in [-0.25, -0.2) is 8.42 Å². The van der Waals surface area contributed by atoms with E-state index in [1.807, 2.05) is 0 Å². The molecule has 3 aromatic carbocycles. The van der Waals surface area contributed by atoms with E-state index in [0.717, 1.165) is 17.0 Å². The third kappa shape index (κ3) is 7.26. The van der Waals surface area contributed by atoms with Crippen molar-refractivity contribution in [2.45, 2.75) is 37.5 Å². The zero-order valence-corrected chi connectivity index (χ0v) is 23.8. The summed E-state index contributed by atoms with van der Waals surface area (Å²) >= 11 is 12.0. The Morgan fingerprint density at radius 1 is 0.950 bits per heavy atom. The lowest BCUT2D eigenvalue weighted by atomic mass is 10.1. The van der Waals surface area contributed by atoms with Crippen molar-refractivity contribution in [3.63, 3.8) is 0 Å². The van der Waals surface area contributed by atoms with E-state index in [0.29, 0.717) is 21.0 Å². The number of rotatable bonds is 10. The largest absolute Gasteiger partial charge is 0.417 e. The van der Waals surface area contributed by atoms with Crippen molar-refractivity contribution in [1.82, 2.24) is 10.2 Å². The molecule has 0 aliphatic heterocycles. The summed E-state index contributed by atoms with van der Waals surface area (Å²) in [6, 6.07) is 15.0. The molecule has 0 aliphatic rings. The van der Waals surface area contributed by atoms with Crippen LogP contribution in [0, 0.1) is 0 Å². The van der Waals surface area contributed by atoms with Crippen molar-refractivity contribution >= 4 is 50.7 Å². The first-order chi connectivity index (χ1) is 18.8. The van der Waals surface area contributed by atoms with Gasteiger partial charge in [0.1, 0.15) is 12.6 Å². The predicted octanol–water partition coefficient (Wildman–Crippen LogP) is 5.76. The maximum atomic E-state index is 13.8. The Bertz CT molecular complexity index is 1470. The summed E-state index contributed by atoms with van der Waals surface area (Å²) in [6.45, 7) is 2.35. The topological polar surface area (TPSA) is 86.8 Å². The molecule has 0 spiro atoms. The van der Waals surface area contributed by atoms with Crippen molar-refractivity contribution in [3.8, 4) is 0 Å². The summed E-state index contributed by atoms with van der Waals surface area (Å²) in [7, 11) is -4.55. The van der Waals surface area contributed by atoms with Crippen LogP contribution in [-0.4, -0.2) is 44.3 Å². The van der Waals surface area contributed by atoms with E-state index < -0.39 is 56.9 Å². The Morgan fingerprint density at radius 2 is 1.57 bits per heavy atom. The van der Waals surface area contributed by atoms with Gasteiger partial charge in [0, 0.05) is 18.1 Å². The first-order valence-corrected chi connectivity index (χ1v) is 14.2. The molecule has 0 unspecified atom stereocenters. The molecule has 1 atom stereocenters. The molecule has 7 nitrogen and oxygen atoms in total. The minimum absolute atomic E-state index is 0.162. The van der Waals surface area contributed by atoms with E-state index in [4.69, 9.17) is 23.2 Å². The van der Waals surface area contributed by atoms with E-state index in [-0.39, 0.29) is 18.0 Å². The summed E-state index contributed by atoms with van der Waals surface area (Å²) in [4.78, 5) is 27.4. The molecular formula is C27H26Cl2F3N3O4S. The molecule has 3 rings (SSSR count). The molecule has 0 bridgehead atoms. The number of anilines is 1. The number of alkyl halides is 3. The van der Waals surface area contributed by atoms with Crippen LogP contribution in [0.2, 0.25) is 10.0 Å². The van der Waals surface area contributed by atoms with E-state index in [9.17, 15) is 31.2 Å². The second kappa shape index (κ2) is 12.9. The molecule has 0 heterocycles. The van der Waals surface area contributed by atoms with Crippen molar-refractivity contribution < 1.29 is 31.2 Å². The molecule has 214 valence electrons. The highest BCUT2D eigenvalue weighted by molar-refractivity contribution is 7.92. The van der Waals surface area contributed by atoms with Gasteiger partial charge in [0.25, 0.3) is 10.0 Å². The average Bonchev–Trinajstić information content (AvgIpc) is 2.91. The Balaban J connectivity index is 2.12. The van der Waals surface area contributed by atoms with Gasteiger partial charge in [0.15, 0.2) is 0 Å². The smallest absolute Gasteiger partial charge is 0.355 e. The molecule has 0 saturated heterocycles. The maximum absolute atomic E-state index is 13.8. The van der Waals surface area contributed by atoms with Gasteiger partial charge in [-0.2, -0.15) is 13.2 Å². The molecular weight excluding hydrogens is 590 g/mol. The first-order valence-electron chi connectivity index (χ1n) is 12.0. The second-order valence-electron chi connectivity index (χ2n) is 8.67. The van der Waals surface area contributed by atoms with E-state index in [1.165, 1.54) is 31.2 Å². The Labute approximate surface area is 240 Å². The standard InChI is InChI=1S/C27H26Cl2F3N3O4S/c1-3-33-26(37)18(2)34(16-19-9-7-8-12-23(19)28)25(36)17-35(40(38,39)21-10-5-4-6-11-21)20-13-14-24(29)22(15-20)27(30,31)32/h4-15,18H,3,16-17H2,1-2H3,(H,33,37)/t18-/m0/s1. The quantitative estimate of drug-likeness (QED) is 0.314. The number of hydrogen-bond acceptors (Lipinski definition) is 4. The van der Waals surface area contributed by atoms with Crippen LogP contribution in [-0.2, 0) is 32.3 Å². The number of amides is 2. The van der Waals surface area contributed by atoms with Crippen molar-refractivity contribution in [2.75, 3.05) is 17.4 Å². The fourth-order valence-corrected chi connectivity index (χ4v) is 5.70. The maximum Gasteiger partial charge on any atom is 0.417 e. The molecule has 0 saturated carbocycles. The van der Waals surface area contributed by atoms with Crippen LogP contribution in [0.5, 0.6) is 0 Å². The van der Waals surface area contributed by atoms with Gasteiger partial charge in [-0.05, 0) is 55.8 Å². The van der Waals surface area contributed by atoms with Gasteiger partial charge < -0.3 is 10.2 Å². The van der Waals surface area contributed by atoms with Gasteiger partial charge in [-0.1, -0.05) is 59.6 Å². The number of benzene rings is 3. The molecule has 13 heteroatoms. The Kier molecular flexibility index (Phi) is 10.1. The second-order valence-corrected chi connectivity index (χ2v) is 11.3. The number of nitrogens with one attached hydrogen (secondary N) is 1. The number of carbonyl (C=O) groups excluding carboxylic acids is 2. The third-order valence-electron chi connectivity index (χ3n) is 5.97. The number of nitrogens with zero attached hydrogens (tertiary/aromatic N) is 2. The SMILES string of the molecule is CCNC(=O)[C@H](C)N(Cc1ccccc1Cl)C(=O)CN(c1ccc(Cl)c(C(F)(F)F)c1)S(=O)(=O)c1ccccc1. The van der Waals surface area contributed by atoms with Gasteiger partial charge >= 0.3 is 6.18 Å². The summed E-state index contributed by atoms with van der Waals surface area (Å²) < 4.78 is 69.0. The van der Waals surface area contributed by atoms with Crippen LogP contribution >= 0.6 is 23.2 Å². The Morgan fingerprint density at radius 3 is 2.17 bits per heavy atom. The summed E-state index contributed by atoms with van der Waals surface area (Å²) in [5.41, 5.74) is -1.22. The predicted molar refractivity (Wildman–Crippen MR) is 148 cm³/mol. The van der Waals surface area contributed by atoms with Gasteiger partial charge in [0.05, 0.1) is 21.2 Å². The lowest BCUT2D eigenvalue weighted by Crippen LogP contribution is -2.51. The summed E-state index contributed by atoms with van der Waals surface area (Å²) in [5.74, 6) is -1.35. The number of sulfonamides is 1. The van der Waals surface area contributed by atoms with Crippen molar-refractivity contribution in [2.24, 2.45) is 0 Å². The van der Waals surface area contributed by atoms with Crippen molar-refractivity contribution in [1.29, 1.82) is 0 Å². The molecule has 3 aromatic rings. The molecule has 2 amide bonds. The first kappa shape index (κ1) is 31.3. The molecule has 0 aromatic heterocycles. The summed E-state index contributed by atoms with van der Waals surface area (Å²) in [5, 5.41) is 2.29. The van der Waals surface area contributed by atoms with Crippen LogP contribution < -0.4 is 9.62 Å². The van der Waals surface area contributed by atoms with Gasteiger partial charge in [-0.15, -0.1) is 0 Å². The van der Waals surface area contributed by atoms with Crippen LogP contribution in [0.1, 0.15) is 25.0 Å². The minimum atomic E-state index is -4.89.